The molecule has 0 spiro atoms. The number of rotatable bonds is 6. The molecule has 0 saturated heterocycles. The molecule has 0 heterocycles. The van der Waals surface area contributed by atoms with Gasteiger partial charge in [0.25, 0.3) is 0 Å². The van der Waals surface area contributed by atoms with Gasteiger partial charge in [-0.15, -0.1) is 0 Å². The molecule has 0 saturated carbocycles. The third-order valence-corrected chi connectivity index (χ3v) is 2.80. The van der Waals surface area contributed by atoms with Crippen molar-refractivity contribution >= 4 is 5.78 Å². The minimum atomic E-state index is -0.170. The van der Waals surface area contributed by atoms with Gasteiger partial charge in [-0.1, -0.05) is 24.3 Å². The third kappa shape index (κ3) is 4.29. The number of hydrogen-bond acceptors (Lipinski definition) is 3. The molecule has 0 aliphatic carbocycles. The maximum atomic E-state index is 11.6. The molecular formula is C14H21NO2. The van der Waals surface area contributed by atoms with E-state index in [2.05, 4.69) is 5.32 Å². The Morgan fingerprint density at radius 2 is 1.88 bits per heavy atom. The van der Waals surface area contributed by atoms with Crippen LogP contribution in [0.15, 0.2) is 24.3 Å². The van der Waals surface area contributed by atoms with Crippen molar-refractivity contribution in [1.82, 2.24) is 5.32 Å². The summed E-state index contributed by atoms with van der Waals surface area (Å²) in [7, 11) is 3.48. The molecule has 3 heteroatoms. The summed E-state index contributed by atoms with van der Waals surface area (Å²) in [6.07, 6.45) is 0.837. The summed E-state index contributed by atoms with van der Waals surface area (Å²) in [6.45, 7) is 4.48. The maximum absolute atomic E-state index is 11.6. The largest absolute Gasteiger partial charge is 0.378 e. The van der Waals surface area contributed by atoms with Crippen LogP contribution in [0.25, 0.3) is 0 Å². The van der Waals surface area contributed by atoms with Crippen molar-refractivity contribution in [3.05, 3.63) is 35.4 Å². The predicted molar refractivity (Wildman–Crippen MR) is 69.5 cm³/mol. The Balaban J connectivity index is 2.71. The average molecular weight is 235 g/mol. The summed E-state index contributed by atoms with van der Waals surface area (Å²) < 4.78 is 5.38. The number of likely N-dealkylation sites (N-methyl/N-ethyl adjacent to an activating group) is 1. The highest BCUT2D eigenvalue weighted by Gasteiger charge is 2.17. The number of nitrogens with one attached hydrogen (secondary N) is 1. The number of benzene rings is 1. The summed E-state index contributed by atoms with van der Waals surface area (Å²) in [6, 6.07) is 7.73. The first kappa shape index (κ1) is 13.9. The Morgan fingerprint density at radius 3 is 2.35 bits per heavy atom. The average Bonchev–Trinajstić information content (AvgIpc) is 2.30. The third-order valence-electron chi connectivity index (χ3n) is 2.80. The van der Waals surface area contributed by atoms with Gasteiger partial charge in [0.2, 0.25) is 0 Å². The Labute approximate surface area is 103 Å². The fourth-order valence-corrected chi connectivity index (χ4v) is 1.63. The molecule has 0 amide bonds. The van der Waals surface area contributed by atoms with Gasteiger partial charge >= 0.3 is 0 Å². The SMILES string of the molecule is CNCC(=O)c1ccc(CC(C)(C)OC)cc1. The highest BCUT2D eigenvalue weighted by atomic mass is 16.5. The van der Waals surface area contributed by atoms with Crippen LogP contribution in [0.2, 0.25) is 0 Å². The second-order valence-electron chi connectivity index (χ2n) is 4.79. The lowest BCUT2D eigenvalue weighted by molar-refractivity contribution is 0.0232. The quantitative estimate of drug-likeness (QED) is 0.767. The van der Waals surface area contributed by atoms with Gasteiger partial charge in [0.05, 0.1) is 12.1 Å². The number of Topliss-reactive ketones (excluding diaryl/α,β-unsaturated/α-hetero) is 1. The van der Waals surface area contributed by atoms with E-state index in [1.807, 2.05) is 38.1 Å². The van der Waals surface area contributed by atoms with Crippen LogP contribution in [-0.4, -0.2) is 32.1 Å². The summed E-state index contributed by atoms with van der Waals surface area (Å²) in [5.74, 6) is 0.116. The molecule has 0 unspecified atom stereocenters. The van der Waals surface area contributed by atoms with Gasteiger partial charge in [-0.2, -0.15) is 0 Å². The van der Waals surface area contributed by atoms with Crippen LogP contribution in [0, 0.1) is 0 Å². The van der Waals surface area contributed by atoms with Crippen molar-refractivity contribution in [1.29, 1.82) is 0 Å². The van der Waals surface area contributed by atoms with Crippen LogP contribution in [-0.2, 0) is 11.2 Å². The van der Waals surface area contributed by atoms with Crippen LogP contribution < -0.4 is 5.32 Å². The predicted octanol–water partition coefficient (Wildman–Crippen LogP) is 2.06. The number of ketones is 1. The molecule has 0 aliphatic rings. The molecule has 17 heavy (non-hydrogen) atoms. The molecular weight excluding hydrogens is 214 g/mol. The van der Waals surface area contributed by atoms with E-state index in [4.69, 9.17) is 4.74 Å². The molecule has 94 valence electrons. The molecule has 0 radical (unpaired) electrons. The number of ether oxygens (including phenoxy) is 1. The lowest BCUT2D eigenvalue weighted by Crippen LogP contribution is -2.25. The van der Waals surface area contributed by atoms with Gasteiger partial charge in [-0.05, 0) is 26.5 Å². The Hall–Kier alpha value is -1.19. The normalized spacial score (nSPS) is 11.5. The van der Waals surface area contributed by atoms with E-state index in [0.717, 1.165) is 12.0 Å². The molecule has 1 rings (SSSR count). The van der Waals surface area contributed by atoms with Crippen LogP contribution in [0.3, 0.4) is 0 Å². The van der Waals surface area contributed by atoms with E-state index in [9.17, 15) is 4.79 Å². The molecule has 0 aliphatic heterocycles. The number of carbonyl (C=O) groups is 1. The second-order valence-corrected chi connectivity index (χ2v) is 4.79. The first-order chi connectivity index (χ1) is 7.98. The molecule has 0 atom stereocenters. The minimum Gasteiger partial charge on any atom is -0.378 e. The second kappa shape index (κ2) is 5.94. The zero-order chi connectivity index (χ0) is 12.9. The van der Waals surface area contributed by atoms with E-state index in [1.54, 1.807) is 14.2 Å². The zero-order valence-corrected chi connectivity index (χ0v) is 11.0. The molecule has 0 fully saturated rings. The van der Waals surface area contributed by atoms with Gasteiger partial charge < -0.3 is 10.1 Å². The Kier molecular flexibility index (Phi) is 4.85. The monoisotopic (exact) mass is 235 g/mol. The Bertz CT molecular complexity index is 368. The first-order valence-corrected chi connectivity index (χ1v) is 5.80. The van der Waals surface area contributed by atoms with E-state index >= 15 is 0 Å². The molecule has 1 aromatic carbocycles. The summed E-state index contributed by atoms with van der Waals surface area (Å²) in [4.78, 5) is 11.6. The van der Waals surface area contributed by atoms with Crippen molar-refractivity contribution in [2.24, 2.45) is 0 Å². The lowest BCUT2D eigenvalue weighted by atomic mass is 9.97. The lowest BCUT2D eigenvalue weighted by Gasteiger charge is -2.22. The summed E-state index contributed by atoms with van der Waals surface area (Å²) in [5, 5.41) is 2.86. The van der Waals surface area contributed by atoms with Gasteiger partial charge in [-0.25, -0.2) is 0 Å². The van der Waals surface area contributed by atoms with E-state index in [1.165, 1.54) is 5.56 Å². The maximum Gasteiger partial charge on any atom is 0.176 e. The molecule has 3 nitrogen and oxygen atoms in total. The molecule has 0 aromatic heterocycles. The topological polar surface area (TPSA) is 38.3 Å². The van der Waals surface area contributed by atoms with Gasteiger partial charge in [0.1, 0.15) is 0 Å². The minimum absolute atomic E-state index is 0.116. The standard InChI is InChI=1S/C14H21NO2/c1-14(2,17-4)9-11-5-7-12(8-6-11)13(16)10-15-3/h5-8,15H,9-10H2,1-4H3. The van der Waals surface area contributed by atoms with Crippen molar-refractivity contribution in [3.8, 4) is 0 Å². The zero-order valence-electron chi connectivity index (χ0n) is 11.0. The smallest absolute Gasteiger partial charge is 0.176 e. The Morgan fingerprint density at radius 1 is 1.29 bits per heavy atom. The molecule has 0 bridgehead atoms. The van der Waals surface area contributed by atoms with Crippen molar-refractivity contribution in [2.45, 2.75) is 25.9 Å². The fraction of sp³-hybridized carbons (Fsp3) is 0.500. The van der Waals surface area contributed by atoms with Gasteiger partial charge in [0.15, 0.2) is 5.78 Å². The molecule has 1 aromatic rings. The van der Waals surface area contributed by atoms with Crippen molar-refractivity contribution in [2.75, 3.05) is 20.7 Å². The summed E-state index contributed by atoms with van der Waals surface area (Å²) >= 11 is 0. The highest BCUT2D eigenvalue weighted by Crippen LogP contribution is 2.16. The van der Waals surface area contributed by atoms with Gasteiger partial charge in [-0.3, -0.25) is 4.79 Å². The highest BCUT2D eigenvalue weighted by molar-refractivity contribution is 5.97. The van der Waals surface area contributed by atoms with Gasteiger partial charge in [0, 0.05) is 19.1 Å². The number of carbonyl (C=O) groups excluding carboxylic acids is 1. The van der Waals surface area contributed by atoms with Crippen LogP contribution in [0.1, 0.15) is 29.8 Å². The number of methoxy groups -OCH3 is 1. The molecule has 1 N–H and O–H groups in total. The first-order valence-electron chi connectivity index (χ1n) is 5.80. The summed E-state index contributed by atoms with van der Waals surface area (Å²) in [5.41, 5.74) is 1.76. The van der Waals surface area contributed by atoms with E-state index in [0.29, 0.717) is 6.54 Å². The van der Waals surface area contributed by atoms with Crippen LogP contribution in [0.5, 0.6) is 0 Å². The van der Waals surface area contributed by atoms with Crippen molar-refractivity contribution in [3.63, 3.8) is 0 Å². The van der Waals surface area contributed by atoms with Crippen LogP contribution >= 0.6 is 0 Å². The van der Waals surface area contributed by atoms with E-state index in [-0.39, 0.29) is 11.4 Å². The van der Waals surface area contributed by atoms with E-state index < -0.39 is 0 Å². The fourth-order valence-electron chi connectivity index (χ4n) is 1.63. The van der Waals surface area contributed by atoms with Crippen molar-refractivity contribution < 1.29 is 9.53 Å². The van der Waals surface area contributed by atoms with Crippen LogP contribution in [0.4, 0.5) is 0 Å². The number of hydrogen-bond donors (Lipinski definition) is 1.